The molecule has 0 spiro atoms. The van der Waals surface area contributed by atoms with Gasteiger partial charge in [0.1, 0.15) is 0 Å². The maximum absolute atomic E-state index is 6.03. The fraction of sp³-hybridized carbons (Fsp3) is 0.417. The van der Waals surface area contributed by atoms with Gasteiger partial charge in [0.25, 0.3) is 0 Å². The summed E-state index contributed by atoms with van der Waals surface area (Å²) < 4.78 is 1.85. The van der Waals surface area contributed by atoms with Crippen LogP contribution in [0.25, 0.3) is 11.4 Å². The average Bonchev–Trinajstić information content (AvgIpc) is 2.83. The van der Waals surface area contributed by atoms with Gasteiger partial charge < -0.3 is 5.73 Å². The van der Waals surface area contributed by atoms with Crippen molar-refractivity contribution < 1.29 is 0 Å². The van der Waals surface area contributed by atoms with Gasteiger partial charge in [-0.2, -0.15) is 0 Å². The van der Waals surface area contributed by atoms with Crippen LogP contribution in [-0.4, -0.2) is 20.2 Å². The minimum absolute atomic E-state index is 0.298. The van der Waals surface area contributed by atoms with E-state index in [1.807, 2.05) is 10.7 Å². The van der Waals surface area contributed by atoms with Gasteiger partial charge >= 0.3 is 0 Å². The first kappa shape index (κ1) is 12.8. The number of tetrazole rings is 1. The summed E-state index contributed by atoms with van der Waals surface area (Å²) in [5, 5.41) is 12.4. The summed E-state index contributed by atoms with van der Waals surface area (Å²) >= 11 is 6.03. The van der Waals surface area contributed by atoms with Crippen molar-refractivity contribution in [2.24, 2.45) is 0 Å². The van der Waals surface area contributed by atoms with Gasteiger partial charge in [0.05, 0.1) is 16.8 Å². The highest BCUT2D eigenvalue weighted by Crippen LogP contribution is 2.27. The van der Waals surface area contributed by atoms with Crippen LogP contribution < -0.4 is 5.73 Å². The van der Waals surface area contributed by atoms with E-state index in [-0.39, 0.29) is 0 Å². The second kappa shape index (κ2) is 5.35. The molecule has 6 heteroatoms. The number of nitrogen functional groups attached to an aromatic ring is 1. The molecule has 0 aliphatic carbocycles. The SMILES string of the molecule is CCC(CC)n1nnnc1-c1ccc(N)c(Cl)c1. The third-order valence-corrected chi connectivity index (χ3v) is 3.37. The number of hydrogen-bond acceptors (Lipinski definition) is 4. The van der Waals surface area contributed by atoms with Gasteiger partial charge in [-0.25, -0.2) is 4.68 Å². The minimum Gasteiger partial charge on any atom is -0.398 e. The summed E-state index contributed by atoms with van der Waals surface area (Å²) in [7, 11) is 0. The average molecular weight is 266 g/mol. The van der Waals surface area contributed by atoms with Gasteiger partial charge in [-0.15, -0.1) is 5.10 Å². The second-order valence-electron chi connectivity index (χ2n) is 4.15. The Balaban J connectivity index is 2.45. The van der Waals surface area contributed by atoms with Crippen LogP contribution in [-0.2, 0) is 0 Å². The molecule has 0 fully saturated rings. The van der Waals surface area contributed by atoms with Crippen molar-refractivity contribution in [1.82, 2.24) is 20.2 Å². The fourth-order valence-electron chi connectivity index (χ4n) is 1.93. The van der Waals surface area contributed by atoms with E-state index in [4.69, 9.17) is 17.3 Å². The highest BCUT2D eigenvalue weighted by molar-refractivity contribution is 6.33. The molecule has 1 aromatic heterocycles. The molecular weight excluding hydrogens is 250 g/mol. The van der Waals surface area contributed by atoms with Crippen molar-refractivity contribution >= 4 is 17.3 Å². The Bertz CT molecular complexity index is 533. The van der Waals surface area contributed by atoms with Crippen LogP contribution in [0.3, 0.4) is 0 Å². The smallest absolute Gasteiger partial charge is 0.182 e. The Morgan fingerprint density at radius 1 is 1.33 bits per heavy atom. The van der Waals surface area contributed by atoms with Gasteiger partial charge in [-0.05, 0) is 41.5 Å². The summed E-state index contributed by atoms with van der Waals surface area (Å²) in [6.07, 6.45) is 1.97. The van der Waals surface area contributed by atoms with Crippen molar-refractivity contribution in [1.29, 1.82) is 0 Å². The molecule has 0 bridgehead atoms. The number of aromatic nitrogens is 4. The Morgan fingerprint density at radius 3 is 2.67 bits per heavy atom. The zero-order chi connectivity index (χ0) is 13.1. The third kappa shape index (κ3) is 2.31. The molecule has 96 valence electrons. The molecule has 0 amide bonds. The highest BCUT2D eigenvalue weighted by atomic mass is 35.5. The summed E-state index contributed by atoms with van der Waals surface area (Å²) in [5.74, 6) is 0.727. The number of nitrogens with two attached hydrogens (primary N) is 1. The molecule has 0 saturated heterocycles. The zero-order valence-corrected chi connectivity index (χ0v) is 11.2. The first-order chi connectivity index (χ1) is 8.67. The van der Waals surface area contributed by atoms with Gasteiger partial charge in [0.15, 0.2) is 5.82 Å². The molecule has 0 radical (unpaired) electrons. The first-order valence-electron chi connectivity index (χ1n) is 6.00. The molecular formula is C12H16ClN5. The van der Waals surface area contributed by atoms with Crippen molar-refractivity contribution in [2.75, 3.05) is 5.73 Å². The van der Waals surface area contributed by atoms with Gasteiger partial charge in [-0.1, -0.05) is 25.4 Å². The molecule has 0 aliphatic rings. The summed E-state index contributed by atoms with van der Waals surface area (Å²) in [6.45, 7) is 4.24. The van der Waals surface area contributed by atoms with Crippen LogP contribution in [0.2, 0.25) is 5.02 Å². The molecule has 0 unspecified atom stereocenters. The van der Waals surface area contributed by atoms with Gasteiger partial charge in [0.2, 0.25) is 0 Å². The first-order valence-corrected chi connectivity index (χ1v) is 6.38. The van der Waals surface area contributed by atoms with E-state index in [0.29, 0.717) is 16.8 Å². The van der Waals surface area contributed by atoms with Gasteiger partial charge in [-0.3, -0.25) is 0 Å². The quantitative estimate of drug-likeness (QED) is 0.863. The highest BCUT2D eigenvalue weighted by Gasteiger charge is 2.16. The Morgan fingerprint density at radius 2 is 2.06 bits per heavy atom. The van der Waals surface area contributed by atoms with Crippen LogP contribution in [0.15, 0.2) is 18.2 Å². The number of anilines is 1. The Labute approximate surface area is 111 Å². The van der Waals surface area contributed by atoms with Crippen LogP contribution in [0.5, 0.6) is 0 Å². The van der Waals surface area contributed by atoms with Gasteiger partial charge in [0, 0.05) is 5.56 Å². The lowest BCUT2D eigenvalue weighted by atomic mass is 10.1. The lowest BCUT2D eigenvalue weighted by molar-refractivity contribution is 0.422. The molecule has 2 aromatic rings. The lowest BCUT2D eigenvalue weighted by Crippen LogP contribution is -2.10. The maximum Gasteiger partial charge on any atom is 0.182 e. The summed E-state index contributed by atoms with van der Waals surface area (Å²) in [6, 6.07) is 5.74. The number of rotatable bonds is 4. The molecule has 2 N–H and O–H groups in total. The fourth-order valence-corrected chi connectivity index (χ4v) is 2.11. The lowest BCUT2D eigenvalue weighted by Gasteiger charge is -2.14. The van der Waals surface area contributed by atoms with Crippen molar-refractivity contribution in [3.8, 4) is 11.4 Å². The Hall–Kier alpha value is -1.62. The van der Waals surface area contributed by atoms with E-state index in [1.165, 1.54) is 0 Å². The van der Waals surface area contributed by atoms with E-state index < -0.39 is 0 Å². The second-order valence-corrected chi connectivity index (χ2v) is 4.56. The molecule has 0 atom stereocenters. The number of hydrogen-bond donors (Lipinski definition) is 1. The van der Waals surface area contributed by atoms with Crippen molar-refractivity contribution in [2.45, 2.75) is 32.7 Å². The molecule has 1 heterocycles. The maximum atomic E-state index is 6.03. The largest absolute Gasteiger partial charge is 0.398 e. The standard InChI is InChI=1S/C12H16ClN5/c1-3-9(4-2)18-12(15-16-17-18)8-5-6-11(14)10(13)7-8/h5-7,9H,3-4,14H2,1-2H3. The van der Waals surface area contributed by atoms with E-state index in [1.54, 1.807) is 12.1 Å². The van der Waals surface area contributed by atoms with Crippen LogP contribution >= 0.6 is 11.6 Å². The predicted molar refractivity (Wildman–Crippen MR) is 72.3 cm³/mol. The van der Waals surface area contributed by atoms with Crippen molar-refractivity contribution in [3.63, 3.8) is 0 Å². The molecule has 18 heavy (non-hydrogen) atoms. The van der Waals surface area contributed by atoms with E-state index in [9.17, 15) is 0 Å². The number of nitrogens with zero attached hydrogens (tertiary/aromatic N) is 4. The molecule has 5 nitrogen and oxygen atoms in total. The van der Waals surface area contributed by atoms with E-state index in [2.05, 4.69) is 29.4 Å². The van der Waals surface area contributed by atoms with E-state index in [0.717, 1.165) is 24.2 Å². The third-order valence-electron chi connectivity index (χ3n) is 3.04. The van der Waals surface area contributed by atoms with Crippen LogP contribution in [0.4, 0.5) is 5.69 Å². The van der Waals surface area contributed by atoms with Crippen LogP contribution in [0.1, 0.15) is 32.7 Å². The zero-order valence-electron chi connectivity index (χ0n) is 10.5. The monoisotopic (exact) mass is 265 g/mol. The van der Waals surface area contributed by atoms with Crippen molar-refractivity contribution in [3.05, 3.63) is 23.2 Å². The van der Waals surface area contributed by atoms with Crippen LogP contribution in [0, 0.1) is 0 Å². The topological polar surface area (TPSA) is 69.6 Å². The molecule has 0 aliphatic heterocycles. The normalized spacial score (nSPS) is 11.1. The number of benzene rings is 1. The molecule has 0 saturated carbocycles. The minimum atomic E-state index is 0.298. The van der Waals surface area contributed by atoms with E-state index >= 15 is 0 Å². The molecule has 2 rings (SSSR count). The number of halogens is 1. The Kier molecular flexibility index (Phi) is 3.81. The summed E-state index contributed by atoms with van der Waals surface area (Å²) in [4.78, 5) is 0. The predicted octanol–water partition coefficient (Wildman–Crippen LogP) is 2.94. The summed E-state index contributed by atoms with van der Waals surface area (Å²) in [5.41, 5.74) is 7.14. The molecule has 1 aromatic carbocycles.